The number of carbonyl (C=O) groups is 1. The highest BCUT2D eigenvalue weighted by Crippen LogP contribution is 2.26. The number of fused-ring (bicyclic) bond motifs is 3. The molecule has 4 heterocycles. The van der Waals surface area contributed by atoms with E-state index < -0.39 is 0 Å². The SMILES string of the molecule is C#Cc1cn2ccc(C(=O)NC3CC4CCN(C4)C3)cc2n1. The maximum Gasteiger partial charge on any atom is 0.251 e. The van der Waals surface area contributed by atoms with Crippen molar-refractivity contribution in [3.05, 3.63) is 35.8 Å². The predicted octanol–water partition coefficient (Wildman–Crippen LogP) is 1.14. The van der Waals surface area contributed by atoms with Crippen molar-refractivity contribution in [2.24, 2.45) is 5.92 Å². The smallest absolute Gasteiger partial charge is 0.251 e. The Kier molecular flexibility index (Phi) is 3.12. The molecule has 0 saturated carbocycles. The van der Waals surface area contributed by atoms with Crippen LogP contribution >= 0.6 is 0 Å². The molecule has 2 aliphatic rings. The van der Waals surface area contributed by atoms with E-state index in [0.717, 1.165) is 18.9 Å². The molecule has 0 spiro atoms. The molecule has 2 fully saturated rings. The highest BCUT2D eigenvalue weighted by Gasteiger charge is 2.32. The van der Waals surface area contributed by atoms with Crippen LogP contribution in [0.4, 0.5) is 0 Å². The Bertz CT molecular complexity index is 761. The molecule has 1 amide bonds. The van der Waals surface area contributed by atoms with Crippen molar-refractivity contribution in [2.75, 3.05) is 19.6 Å². The van der Waals surface area contributed by atoms with Crippen LogP contribution in [0.25, 0.3) is 5.65 Å². The number of carbonyl (C=O) groups excluding carboxylic acids is 1. The van der Waals surface area contributed by atoms with E-state index in [9.17, 15) is 4.79 Å². The summed E-state index contributed by atoms with van der Waals surface area (Å²) in [5, 5.41) is 3.16. The third-order valence-corrected chi connectivity index (χ3v) is 4.67. The Morgan fingerprint density at radius 2 is 2.36 bits per heavy atom. The number of hydrogen-bond acceptors (Lipinski definition) is 3. The van der Waals surface area contributed by atoms with Crippen molar-refractivity contribution in [3.8, 4) is 12.3 Å². The predicted molar refractivity (Wildman–Crippen MR) is 83.5 cm³/mol. The largest absolute Gasteiger partial charge is 0.348 e. The van der Waals surface area contributed by atoms with Crippen LogP contribution in [-0.2, 0) is 0 Å². The van der Waals surface area contributed by atoms with E-state index in [-0.39, 0.29) is 11.9 Å². The van der Waals surface area contributed by atoms with Gasteiger partial charge in [-0.2, -0.15) is 0 Å². The molecule has 0 aliphatic carbocycles. The van der Waals surface area contributed by atoms with Crippen LogP contribution in [0.2, 0.25) is 0 Å². The maximum absolute atomic E-state index is 12.5. The molecular weight excluding hydrogens is 276 g/mol. The highest BCUT2D eigenvalue weighted by molar-refractivity contribution is 5.95. The van der Waals surface area contributed by atoms with Gasteiger partial charge in [0.05, 0.1) is 0 Å². The zero-order chi connectivity index (χ0) is 15.1. The van der Waals surface area contributed by atoms with Crippen molar-refractivity contribution in [3.63, 3.8) is 0 Å². The number of rotatable bonds is 2. The van der Waals surface area contributed by atoms with Crippen LogP contribution in [0, 0.1) is 18.3 Å². The van der Waals surface area contributed by atoms with Crippen molar-refractivity contribution >= 4 is 11.6 Å². The molecule has 1 N–H and O–H groups in total. The molecule has 22 heavy (non-hydrogen) atoms. The van der Waals surface area contributed by atoms with E-state index in [1.165, 1.54) is 19.5 Å². The molecule has 3 atom stereocenters. The first-order chi connectivity index (χ1) is 10.7. The number of nitrogens with zero attached hydrogens (tertiary/aromatic N) is 3. The molecule has 5 nitrogen and oxygen atoms in total. The lowest BCUT2D eigenvalue weighted by molar-refractivity contribution is 0.0909. The summed E-state index contributed by atoms with van der Waals surface area (Å²) in [6.45, 7) is 3.34. The van der Waals surface area contributed by atoms with E-state index in [2.05, 4.69) is 21.1 Å². The second-order valence-electron chi connectivity index (χ2n) is 6.27. The fourth-order valence-electron chi connectivity index (χ4n) is 3.63. The molecule has 2 aromatic heterocycles. The molecule has 4 rings (SSSR count). The third kappa shape index (κ3) is 2.36. The minimum atomic E-state index is -0.0275. The Morgan fingerprint density at radius 1 is 1.45 bits per heavy atom. The van der Waals surface area contributed by atoms with Gasteiger partial charge in [-0.15, -0.1) is 6.42 Å². The number of nitrogens with one attached hydrogen (secondary N) is 1. The van der Waals surface area contributed by atoms with Crippen molar-refractivity contribution in [2.45, 2.75) is 18.9 Å². The van der Waals surface area contributed by atoms with Gasteiger partial charge in [-0.25, -0.2) is 4.98 Å². The second-order valence-corrected chi connectivity index (χ2v) is 6.27. The number of hydrogen-bond donors (Lipinski definition) is 1. The maximum atomic E-state index is 12.5. The van der Waals surface area contributed by atoms with Crippen LogP contribution in [-0.4, -0.2) is 45.9 Å². The molecule has 2 aromatic rings. The number of pyridine rings is 1. The zero-order valence-electron chi connectivity index (χ0n) is 12.3. The molecular formula is C17H18N4O. The third-order valence-electron chi connectivity index (χ3n) is 4.67. The first-order valence-corrected chi connectivity index (χ1v) is 7.70. The average Bonchev–Trinajstić information content (AvgIpc) is 3.09. The van der Waals surface area contributed by atoms with Crippen molar-refractivity contribution < 1.29 is 4.79 Å². The molecule has 3 unspecified atom stereocenters. The number of terminal acetylenes is 1. The summed E-state index contributed by atoms with van der Waals surface area (Å²) < 4.78 is 1.83. The Morgan fingerprint density at radius 3 is 3.18 bits per heavy atom. The number of amides is 1. The minimum absolute atomic E-state index is 0.0275. The van der Waals surface area contributed by atoms with Crippen LogP contribution in [0.3, 0.4) is 0 Å². The van der Waals surface area contributed by atoms with Crippen LogP contribution in [0.15, 0.2) is 24.5 Å². The van der Waals surface area contributed by atoms with Gasteiger partial charge in [-0.3, -0.25) is 4.79 Å². The van der Waals surface area contributed by atoms with Crippen LogP contribution in [0.1, 0.15) is 28.9 Å². The van der Waals surface area contributed by atoms with Gasteiger partial charge in [0, 0.05) is 37.1 Å². The Balaban J connectivity index is 1.51. The summed E-state index contributed by atoms with van der Waals surface area (Å²) in [5.74, 6) is 3.22. The summed E-state index contributed by atoms with van der Waals surface area (Å²) >= 11 is 0. The molecule has 112 valence electrons. The summed E-state index contributed by atoms with van der Waals surface area (Å²) in [4.78, 5) is 19.2. The quantitative estimate of drug-likeness (QED) is 0.845. The van der Waals surface area contributed by atoms with Crippen molar-refractivity contribution in [1.82, 2.24) is 19.6 Å². The number of aromatic nitrogens is 2. The summed E-state index contributed by atoms with van der Waals surface area (Å²) in [6.07, 6.45) is 11.3. The molecule has 5 heteroatoms. The summed E-state index contributed by atoms with van der Waals surface area (Å²) in [5.41, 5.74) is 1.91. The number of piperidine rings is 1. The van der Waals surface area contributed by atoms with Crippen LogP contribution < -0.4 is 5.32 Å². The van der Waals surface area contributed by atoms with E-state index >= 15 is 0 Å². The van der Waals surface area contributed by atoms with E-state index in [4.69, 9.17) is 6.42 Å². The highest BCUT2D eigenvalue weighted by atomic mass is 16.1. The standard InChI is InChI=1S/C17H18N4O/c1-2-14-11-21-6-4-13(8-16(21)18-14)17(22)19-15-7-12-3-5-20(9-12)10-15/h1,4,6,8,11-12,15H,3,5,7,9-10H2,(H,19,22). The monoisotopic (exact) mass is 294 g/mol. The average molecular weight is 294 g/mol. The van der Waals surface area contributed by atoms with Gasteiger partial charge in [-0.05, 0) is 43.4 Å². The van der Waals surface area contributed by atoms with Gasteiger partial charge in [0.25, 0.3) is 5.91 Å². The number of imidazole rings is 1. The minimum Gasteiger partial charge on any atom is -0.348 e. The molecule has 2 aliphatic heterocycles. The van der Waals surface area contributed by atoms with Gasteiger partial charge in [0.1, 0.15) is 11.3 Å². The topological polar surface area (TPSA) is 49.6 Å². The van der Waals surface area contributed by atoms with Gasteiger partial charge in [-0.1, -0.05) is 0 Å². The van der Waals surface area contributed by atoms with Crippen molar-refractivity contribution in [1.29, 1.82) is 0 Å². The van der Waals surface area contributed by atoms with Gasteiger partial charge in [0.15, 0.2) is 0 Å². The lowest BCUT2D eigenvalue weighted by Crippen LogP contribution is -2.47. The molecule has 0 aromatic carbocycles. The second kappa shape index (κ2) is 5.15. The van der Waals surface area contributed by atoms with Gasteiger partial charge < -0.3 is 14.6 Å². The Hall–Kier alpha value is -2.32. The molecule has 2 bridgehead atoms. The fourth-order valence-corrected chi connectivity index (χ4v) is 3.63. The zero-order valence-corrected chi connectivity index (χ0v) is 12.3. The lowest BCUT2D eigenvalue weighted by atomic mass is 9.96. The molecule has 0 radical (unpaired) electrons. The van der Waals surface area contributed by atoms with E-state index in [0.29, 0.717) is 16.9 Å². The fraction of sp³-hybridized carbons (Fsp3) is 0.412. The lowest BCUT2D eigenvalue weighted by Gasteiger charge is -2.30. The summed E-state index contributed by atoms with van der Waals surface area (Å²) in [7, 11) is 0. The normalized spacial score (nSPS) is 26.8. The summed E-state index contributed by atoms with van der Waals surface area (Å²) in [6, 6.07) is 3.85. The van der Waals surface area contributed by atoms with Gasteiger partial charge >= 0.3 is 0 Å². The molecule has 2 saturated heterocycles. The van der Waals surface area contributed by atoms with Gasteiger partial charge in [0.2, 0.25) is 0 Å². The van der Waals surface area contributed by atoms with E-state index in [1.807, 2.05) is 16.7 Å². The Labute approximate surface area is 129 Å². The first-order valence-electron chi connectivity index (χ1n) is 7.70. The first kappa shape index (κ1) is 13.4. The van der Waals surface area contributed by atoms with E-state index in [1.54, 1.807) is 12.3 Å². The van der Waals surface area contributed by atoms with Crippen LogP contribution in [0.5, 0.6) is 0 Å².